The van der Waals surface area contributed by atoms with E-state index in [4.69, 9.17) is 10.8 Å². The van der Waals surface area contributed by atoms with Crippen molar-refractivity contribution in [2.75, 3.05) is 0 Å². The molecule has 0 radical (unpaired) electrons. The zero-order valence-corrected chi connectivity index (χ0v) is 9.59. The molecule has 1 aromatic carbocycles. The number of rotatable bonds is 5. The number of halogens is 1. The van der Waals surface area contributed by atoms with Crippen LogP contribution >= 0.6 is 0 Å². The van der Waals surface area contributed by atoms with Crippen LogP contribution in [0.5, 0.6) is 5.75 Å². The van der Waals surface area contributed by atoms with Gasteiger partial charge in [0.05, 0.1) is 6.42 Å². The van der Waals surface area contributed by atoms with E-state index in [-0.39, 0.29) is 0 Å². The Bertz CT molecular complexity index is 512. The number of phenolic OH excluding ortho intramolecular Hbond substituents is 1. The number of primary amides is 1. The first-order valence-electron chi connectivity index (χ1n) is 5.12. The van der Waals surface area contributed by atoms with Crippen LogP contribution < -0.4 is 11.1 Å². The predicted molar refractivity (Wildman–Crippen MR) is 60.8 cm³/mol. The van der Waals surface area contributed by atoms with E-state index in [0.29, 0.717) is 0 Å². The molecule has 7 nitrogen and oxygen atoms in total. The first-order chi connectivity index (χ1) is 8.82. The van der Waals surface area contributed by atoms with Gasteiger partial charge in [-0.05, 0) is 12.1 Å². The van der Waals surface area contributed by atoms with E-state index in [0.717, 1.165) is 12.1 Å². The summed E-state index contributed by atoms with van der Waals surface area (Å²) in [7, 11) is 0. The third-order valence-corrected chi connectivity index (χ3v) is 2.23. The smallest absolute Gasteiger partial charge is 0.326 e. The number of aliphatic carboxylic acids is 1. The van der Waals surface area contributed by atoms with Crippen molar-refractivity contribution in [1.29, 1.82) is 0 Å². The van der Waals surface area contributed by atoms with Crippen LogP contribution in [0.2, 0.25) is 0 Å². The predicted octanol–water partition coefficient (Wildman–Crippen LogP) is -0.410. The van der Waals surface area contributed by atoms with Gasteiger partial charge in [-0.25, -0.2) is 9.18 Å². The molecule has 0 bridgehead atoms. The minimum atomic E-state index is -1.59. The first-order valence-corrected chi connectivity index (χ1v) is 5.12. The molecule has 0 aliphatic rings. The number of phenols is 1. The average Bonchev–Trinajstić information content (AvgIpc) is 2.27. The largest absolute Gasteiger partial charge is 0.507 e. The Morgan fingerprint density at radius 2 is 2.00 bits per heavy atom. The third kappa shape index (κ3) is 3.66. The molecule has 1 aromatic rings. The molecule has 0 aromatic heterocycles. The van der Waals surface area contributed by atoms with Crippen LogP contribution in [-0.4, -0.2) is 34.0 Å². The molecule has 102 valence electrons. The summed E-state index contributed by atoms with van der Waals surface area (Å²) in [4.78, 5) is 33.1. The van der Waals surface area contributed by atoms with E-state index in [9.17, 15) is 23.9 Å². The highest BCUT2D eigenvalue weighted by atomic mass is 19.1. The Kier molecular flexibility index (Phi) is 4.41. The SMILES string of the molecule is NC(=O)C[C@@H](NC(=O)c1c(O)cccc1F)C(=O)O. The van der Waals surface area contributed by atoms with E-state index in [1.165, 1.54) is 6.07 Å². The number of nitrogens with one attached hydrogen (secondary N) is 1. The lowest BCUT2D eigenvalue weighted by atomic mass is 10.1. The molecule has 0 fully saturated rings. The number of hydrogen-bond donors (Lipinski definition) is 4. The summed E-state index contributed by atoms with van der Waals surface area (Å²) in [5.41, 5.74) is 4.13. The fourth-order valence-electron chi connectivity index (χ4n) is 1.37. The molecule has 19 heavy (non-hydrogen) atoms. The summed E-state index contributed by atoms with van der Waals surface area (Å²) in [6.07, 6.45) is -0.643. The number of carboxylic acids is 1. The van der Waals surface area contributed by atoms with Gasteiger partial charge in [-0.2, -0.15) is 0 Å². The highest BCUT2D eigenvalue weighted by Gasteiger charge is 2.25. The average molecular weight is 270 g/mol. The monoisotopic (exact) mass is 270 g/mol. The van der Waals surface area contributed by atoms with E-state index < -0.39 is 47.4 Å². The maximum absolute atomic E-state index is 13.4. The van der Waals surface area contributed by atoms with Crippen molar-refractivity contribution < 1.29 is 29.0 Å². The van der Waals surface area contributed by atoms with Crippen LogP contribution in [0.15, 0.2) is 18.2 Å². The van der Waals surface area contributed by atoms with Crippen molar-refractivity contribution in [3.63, 3.8) is 0 Å². The maximum Gasteiger partial charge on any atom is 0.326 e. The zero-order valence-electron chi connectivity index (χ0n) is 9.59. The van der Waals surface area contributed by atoms with Crippen LogP contribution in [0.25, 0.3) is 0 Å². The topological polar surface area (TPSA) is 130 Å². The van der Waals surface area contributed by atoms with Gasteiger partial charge in [0.1, 0.15) is 23.2 Å². The van der Waals surface area contributed by atoms with Crippen molar-refractivity contribution >= 4 is 17.8 Å². The highest BCUT2D eigenvalue weighted by molar-refractivity contribution is 5.99. The summed E-state index contributed by atoms with van der Waals surface area (Å²) in [6, 6.07) is 1.59. The van der Waals surface area contributed by atoms with Crippen molar-refractivity contribution in [2.24, 2.45) is 5.73 Å². The zero-order chi connectivity index (χ0) is 14.6. The van der Waals surface area contributed by atoms with E-state index in [1.54, 1.807) is 0 Å². The summed E-state index contributed by atoms with van der Waals surface area (Å²) < 4.78 is 13.4. The molecule has 5 N–H and O–H groups in total. The van der Waals surface area contributed by atoms with Crippen LogP contribution in [0, 0.1) is 5.82 Å². The second-order valence-electron chi connectivity index (χ2n) is 3.67. The summed E-state index contributed by atoms with van der Waals surface area (Å²) in [6.45, 7) is 0. The normalized spacial score (nSPS) is 11.6. The third-order valence-electron chi connectivity index (χ3n) is 2.23. The number of hydrogen-bond acceptors (Lipinski definition) is 4. The lowest BCUT2D eigenvalue weighted by Gasteiger charge is -2.13. The number of amides is 2. The Morgan fingerprint density at radius 3 is 2.47 bits per heavy atom. The minimum absolute atomic E-state index is 0.638. The number of benzene rings is 1. The van der Waals surface area contributed by atoms with Gasteiger partial charge in [0.25, 0.3) is 5.91 Å². The van der Waals surface area contributed by atoms with Crippen molar-refractivity contribution in [2.45, 2.75) is 12.5 Å². The van der Waals surface area contributed by atoms with Crippen LogP contribution in [-0.2, 0) is 9.59 Å². The lowest BCUT2D eigenvalue weighted by molar-refractivity contribution is -0.140. The molecule has 2 amide bonds. The van der Waals surface area contributed by atoms with Gasteiger partial charge in [-0.1, -0.05) is 6.07 Å². The summed E-state index contributed by atoms with van der Waals surface area (Å²) >= 11 is 0. The second-order valence-corrected chi connectivity index (χ2v) is 3.67. The molecule has 0 heterocycles. The van der Waals surface area contributed by atoms with Gasteiger partial charge in [-0.15, -0.1) is 0 Å². The van der Waals surface area contributed by atoms with Crippen LogP contribution in [0.1, 0.15) is 16.8 Å². The molecule has 8 heteroatoms. The van der Waals surface area contributed by atoms with Gasteiger partial charge in [0, 0.05) is 0 Å². The first kappa shape index (κ1) is 14.4. The molecular formula is C11H11FN2O5. The maximum atomic E-state index is 13.4. The number of aromatic hydroxyl groups is 1. The molecule has 0 saturated carbocycles. The number of carboxylic acid groups (broad SMARTS) is 1. The quantitative estimate of drug-likeness (QED) is 0.578. The molecule has 0 aliphatic heterocycles. The Morgan fingerprint density at radius 1 is 1.37 bits per heavy atom. The second kappa shape index (κ2) is 5.80. The number of carbonyl (C=O) groups is 3. The standard InChI is InChI=1S/C11H11FN2O5/c12-5-2-1-3-7(15)9(5)10(17)14-6(11(18)19)4-8(13)16/h1-3,6,15H,4H2,(H2,13,16)(H,14,17)(H,18,19)/t6-/m1/s1. The molecule has 0 aliphatic carbocycles. The Labute approximate surface area is 106 Å². The molecule has 1 rings (SSSR count). The van der Waals surface area contributed by atoms with Crippen LogP contribution in [0.3, 0.4) is 0 Å². The number of carbonyl (C=O) groups excluding carboxylic acids is 2. The van der Waals surface area contributed by atoms with Gasteiger partial charge >= 0.3 is 5.97 Å². The molecule has 1 atom stereocenters. The van der Waals surface area contributed by atoms with Gasteiger partial charge < -0.3 is 21.3 Å². The van der Waals surface area contributed by atoms with E-state index in [1.807, 2.05) is 5.32 Å². The molecule has 0 spiro atoms. The Balaban J connectivity index is 2.94. The van der Waals surface area contributed by atoms with E-state index >= 15 is 0 Å². The molecule has 0 saturated heterocycles. The summed E-state index contributed by atoms with van der Waals surface area (Å²) in [5.74, 6) is -5.24. The van der Waals surface area contributed by atoms with Gasteiger partial charge in [0.2, 0.25) is 5.91 Å². The molecule has 0 unspecified atom stereocenters. The minimum Gasteiger partial charge on any atom is -0.507 e. The highest BCUT2D eigenvalue weighted by Crippen LogP contribution is 2.19. The van der Waals surface area contributed by atoms with E-state index in [2.05, 4.69) is 0 Å². The fraction of sp³-hybridized carbons (Fsp3) is 0.182. The molecular weight excluding hydrogens is 259 g/mol. The van der Waals surface area contributed by atoms with Crippen LogP contribution in [0.4, 0.5) is 4.39 Å². The Hall–Kier alpha value is -2.64. The van der Waals surface area contributed by atoms with Crippen molar-refractivity contribution in [3.05, 3.63) is 29.6 Å². The summed E-state index contributed by atoms with van der Waals surface area (Å²) in [5, 5.41) is 20.0. The fourth-order valence-corrected chi connectivity index (χ4v) is 1.37. The van der Waals surface area contributed by atoms with Crippen molar-refractivity contribution in [3.8, 4) is 5.75 Å². The number of nitrogens with two attached hydrogens (primary N) is 1. The van der Waals surface area contributed by atoms with Crippen molar-refractivity contribution in [1.82, 2.24) is 5.32 Å². The van der Waals surface area contributed by atoms with Gasteiger partial charge in [-0.3, -0.25) is 9.59 Å². The lowest BCUT2D eigenvalue weighted by Crippen LogP contribution is -2.43. The van der Waals surface area contributed by atoms with Gasteiger partial charge in [0.15, 0.2) is 0 Å².